The van der Waals surface area contributed by atoms with Crippen molar-refractivity contribution in [2.24, 2.45) is 7.05 Å². The summed E-state index contributed by atoms with van der Waals surface area (Å²) in [5, 5.41) is 17.2. The highest BCUT2D eigenvalue weighted by molar-refractivity contribution is 5.83. The average molecular weight is 248 g/mol. The van der Waals surface area contributed by atoms with Crippen LogP contribution in [0.4, 0.5) is 5.69 Å². The summed E-state index contributed by atoms with van der Waals surface area (Å²) in [4.78, 5) is 15.3. The maximum atomic E-state index is 11.0. The van der Waals surface area contributed by atoms with Crippen LogP contribution in [0.1, 0.15) is 19.0 Å². The smallest absolute Gasteiger partial charge is 0.326 e. The first kappa shape index (κ1) is 12.3. The maximum absolute atomic E-state index is 11.0. The summed E-state index contributed by atoms with van der Waals surface area (Å²) < 4.78 is 1.71. The molecule has 2 heterocycles. The number of anilines is 1. The molecule has 0 spiro atoms. The number of nitrogens with zero attached hydrogens (tertiary/aromatic N) is 3. The van der Waals surface area contributed by atoms with Gasteiger partial charge < -0.3 is 10.4 Å². The van der Waals surface area contributed by atoms with Crippen LogP contribution in [0.3, 0.4) is 0 Å². The van der Waals surface area contributed by atoms with Crippen LogP contribution >= 0.6 is 0 Å². The van der Waals surface area contributed by atoms with Gasteiger partial charge in [0.2, 0.25) is 0 Å². The molecule has 0 aliphatic heterocycles. The predicted octanol–water partition coefficient (Wildman–Crippen LogP) is 1.55. The molecule has 0 saturated heterocycles. The Morgan fingerprint density at radius 3 is 2.94 bits per heavy atom. The van der Waals surface area contributed by atoms with Crippen molar-refractivity contribution in [2.45, 2.75) is 26.3 Å². The highest BCUT2D eigenvalue weighted by Crippen LogP contribution is 2.20. The topological polar surface area (TPSA) is 80.0 Å². The molecule has 0 fully saturated rings. The number of rotatable bonds is 4. The first-order valence-corrected chi connectivity index (χ1v) is 5.81. The molecule has 0 saturated carbocycles. The lowest BCUT2D eigenvalue weighted by molar-refractivity contribution is -0.137. The van der Waals surface area contributed by atoms with E-state index in [2.05, 4.69) is 15.4 Å². The number of pyridine rings is 1. The van der Waals surface area contributed by atoms with E-state index in [9.17, 15) is 4.79 Å². The molecule has 0 aliphatic carbocycles. The lowest BCUT2D eigenvalue weighted by atomic mass is 10.2. The van der Waals surface area contributed by atoms with Gasteiger partial charge in [-0.3, -0.25) is 4.68 Å². The molecule has 1 atom stereocenters. The fraction of sp³-hybridized carbons (Fsp3) is 0.417. The lowest BCUT2D eigenvalue weighted by Crippen LogP contribution is -2.28. The summed E-state index contributed by atoms with van der Waals surface area (Å²) in [6.07, 6.45) is 2.15. The molecule has 6 nitrogen and oxygen atoms in total. The number of nitrogens with one attached hydrogen (secondary N) is 1. The van der Waals surface area contributed by atoms with Crippen molar-refractivity contribution in [3.63, 3.8) is 0 Å². The zero-order valence-electron chi connectivity index (χ0n) is 10.6. The van der Waals surface area contributed by atoms with E-state index < -0.39 is 12.0 Å². The largest absolute Gasteiger partial charge is 0.480 e. The Bertz CT molecular complexity index is 591. The summed E-state index contributed by atoms with van der Waals surface area (Å²) >= 11 is 0. The van der Waals surface area contributed by atoms with Crippen LogP contribution in [0.25, 0.3) is 11.0 Å². The van der Waals surface area contributed by atoms with Crippen molar-refractivity contribution in [3.8, 4) is 0 Å². The third-order valence-electron chi connectivity index (χ3n) is 2.91. The summed E-state index contributed by atoms with van der Waals surface area (Å²) in [6, 6.07) is 1.29. The molecule has 6 heteroatoms. The Morgan fingerprint density at radius 1 is 1.61 bits per heavy atom. The second-order valence-electron chi connectivity index (χ2n) is 4.25. The maximum Gasteiger partial charge on any atom is 0.326 e. The van der Waals surface area contributed by atoms with Gasteiger partial charge >= 0.3 is 5.97 Å². The van der Waals surface area contributed by atoms with Crippen LogP contribution in [0.2, 0.25) is 0 Å². The molecule has 1 unspecified atom stereocenters. The highest BCUT2D eigenvalue weighted by atomic mass is 16.4. The van der Waals surface area contributed by atoms with Gasteiger partial charge in [-0.05, 0) is 19.4 Å². The Labute approximate surface area is 105 Å². The van der Waals surface area contributed by atoms with E-state index in [1.807, 2.05) is 27.0 Å². The number of aliphatic carboxylic acids is 1. The Balaban J connectivity index is 2.35. The van der Waals surface area contributed by atoms with E-state index in [0.717, 1.165) is 16.7 Å². The molecule has 0 amide bonds. The number of fused-ring (bicyclic) bond motifs is 1. The van der Waals surface area contributed by atoms with Crippen molar-refractivity contribution in [1.29, 1.82) is 0 Å². The van der Waals surface area contributed by atoms with Gasteiger partial charge in [-0.25, -0.2) is 9.78 Å². The van der Waals surface area contributed by atoms with Crippen LogP contribution in [0, 0.1) is 6.92 Å². The molecule has 96 valence electrons. The normalized spacial score (nSPS) is 12.6. The predicted molar refractivity (Wildman–Crippen MR) is 68.6 cm³/mol. The van der Waals surface area contributed by atoms with Crippen LogP contribution in [-0.2, 0) is 11.8 Å². The van der Waals surface area contributed by atoms with E-state index in [-0.39, 0.29) is 0 Å². The van der Waals surface area contributed by atoms with E-state index >= 15 is 0 Å². The van der Waals surface area contributed by atoms with E-state index in [4.69, 9.17) is 5.11 Å². The van der Waals surface area contributed by atoms with Gasteiger partial charge in [0, 0.05) is 12.4 Å². The molecule has 0 aliphatic rings. The minimum Gasteiger partial charge on any atom is -0.480 e. The third kappa shape index (κ3) is 2.13. The number of carboxylic acids is 1. The van der Waals surface area contributed by atoms with Crippen molar-refractivity contribution in [1.82, 2.24) is 14.8 Å². The van der Waals surface area contributed by atoms with Crippen LogP contribution in [-0.4, -0.2) is 31.9 Å². The van der Waals surface area contributed by atoms with Gasteiger partial charge in [0.25, 0.3) is 0 Å². The molecule has 2 rings (SSSR count). The van der Waals surface area contributed by atoms with Gasteiger partial charge in [0.15, 0.2) is 5.65 Å². The fourth-order valence-corrected chi connectivity index (χ4v) is 1.93. The number of hydrogen-bond donors (Lipinski definition) is 2. The molecular weight excluding hydrogens is 232 g/mol. The molecule has 0 aromatic carbocycles. The zero-order valence-corrected chi connectivity index (χ0v) is 10.6. The molecule has 2 aromatic rings. The van der Waals surface area contributed by atoms with Crippen LogP contribution in [0.15, 0.2) is 12.3 Å². The van der Waals surface area contributed by atoms with Crippen molar-refractivity contribution < 1.29 is 9.90 Å². The third-order valence-corrected chi connectivity index (χ3v) is 2.91. The Morgan fingerprint density at radius 2 is 2.33 bits per heavy atom. The number of hydrogen-bond acceptors (Lipinski definition) is 4. The van der Waals surface area contributed by atoms with Crippen LogP contribution in [0.5, 0.6) is 0 Å². The SMILES string of the molecule is CCC(Nc1cnc2c(c1)c(C)nn2C)C(=O)O. The van der Waals surface area contributed by atoms with Gasteiger partial charge in [-0.15, -0.1) is 0 Å². The van der Waals surface area contributed by atoms with Gasteiger partial charge in [0.05, 0.1) is 17.6 Å². The lowest BCUT2D eigenvalue weighted by Gasteiger charge is -2.13. The first-order chi connectivity index (χ1) is 8.52. The monoisotopic (exact) mass is 248 g/mol. The number of aryl methyl sites for hydroxylation is 2. The number of carbonyl (C=O) groups is 1. The number of carboxylic acid groups (broad SMARTS) is 1. The first-order valence-electron chi connectivity index (χ1n) is 5.81. The minimum atomic E-state index is -0.861. The number of aromatic nitrogens is 3. The zero-order chi connectivity index (χ0) is 13.3. The standard InChI is InChI=1S/C12H16N4O2/c1-4-10(12(17)18)14-8-5-9-7(2)15-16(3)11(9)13-6-8/h5-6,10,14H,4H2,1-3H3,(H,17,18). The van der Waals surface area contributed by atoms with Gasteiger partial charge in [-0.2, -0.15) is 5.10 Å². The Kier molecular flexibility index (Phi) is 3.18. The quantitative estimate of drug-likeness (QED) is 0.858. The summed E-state index contributed by atoms with van der Waals surface area (Å²) in [7, 11) is 1.83. The van der Waals surface area contributed by atoms with Crippen LogP contribution < -0.4 is 5.32 Å². The summed E-state index contributed by atoms with van der Waals surface area (Å²) in [5.41, 5.74) is 2.38. The van der Waals surface area contributed by atoms with E-state index in [1.54, 1.807) is 10.9 Å². The average Bonchev–Trinajstić information content (AvgIpc) is 2.61. The summed E-state index contributed by atoms with van der Waals surface area (Å²) in [6.45, 7) is 3.73. The second-order valence-corrected chi connectivity index (χ2v) is 4.25. The molecule has 2 N–H and O–H groups in total. The molecular formula is C12H16N4O2. The van der Waals surface area contributed by atoms with Crippen molar-refractivity contribution >= 4 is 22.7 Å². The molecule has 18 heavy (non-hydrogen) atoms. The van der Waals surface area contributed by atoms with Gasteiger partial charge in [0.1, 0.15) is 6.04 Å². The summed E-state index contributed by atoms with van der Waals surface area (Å²) in [5.74, 6) is -0.861. The fourth-order valence-electron chi connectivity index (χ4n) is 1.93. The molecule has 2 aromatic heterocycles. The van der Waals surface area contributed by atoms with E-state index in [1.165, 1.54) is 0 Å². The van der Waals surface area contributed by atoms with Gasteiger partial charge in [-0.1, -0.05) is 6.92 Å². The van der Waals surface area contributed by atoms with Crippen molar-refractivity contribution in [3.05, 3.63) is 18.0 Å². The molecule has 0 radical (unpaired) electrons. The highest BCUT2D eigenvalue weighted by Gasteiger charge is 2.15. The second kappa shape index (κ2) is 4.64. The Hall–Kier alpha value is -2.11. The molecule has 0 bridgehead atoms. The van der Waals surface area contributed by atoms with Crippen molar-refractivity contribution in [2.75, 3.05) is 5.32 Å². The van der Waals surface area contributed by atoms with E-state index in [0.29, 0.717) is 12.1 Å². The minimum absolute atomic E-state index is 0.513.